The number of rotatable bonds is 3. The van der Waals surface area contributed by atoms with Gasteiger partial charge in [-0.05, 0) is 11.6 Å². The van der Waals surface area contributed by atoms with E-state index in [0.29, 0.717) is 6.07 Å². The van der Waals surface area contributed by atoms with Crippen LogP contribution in [0.4, 0.5) is 13.2 Å². The first-order chi connectivity index (χ1) is 7.15. The van der Waals surface area contributed by atoms with Gasteiger partial charge >= 0.3 is 0 Å². The summed E-state index contributed by atoms with van der Waals surface area (Å²) in [6.07, 6.45) is 2.45. The number of hydrogen-bond donors (Lipinski definition) is 0. The molecule has 0 radical (unpaired) electrons. The Hall–Kier alpha value is -1.94. The van der Waals surface area contributed by atoms with Crippen molar-refractivity contribution >= 4 is 6.08 Å². The van der Waals surface area contributed by atoms with E-state index in [4.69, 9.17) is 5.53 Å². The maximum atomic E-state index is 13.0. The van der Waals surface area contributed by atoms with Crippen LogP contribution < -0.4 is 0 Å². The van der Waals surface area contributed by atoms with Crippen molar-refractivity contribution < 1.29 is 13.2 Å². The highest BCUT2D eigenvalue weighted by atomic mass is 19.2. The maximum Gasteiger partial charge on any atom is 0.166 e. The Morgan fingerprint density at radius 1 is 1.33 bits per heavy atom. The number of halogens is 3. The van der Waals surface area contributed by atoms with E-state index in [0.717, 1.165) is 12.1 Å². The fraction of sp³-hybridized carbons (Fsp3) is 0.111. The predicted molar refractivity (Wildman–Crippen MR) is 49.4 cm³/mol. The molecule has 0 saturated heterocycles. The number of hydrogen-bond acceptors (Lipinski definition) is 1. The van der Waals surface area contributed by atoms with Gasteiger partial charge in [-0.1, -0.05) is 17.3 Å². The van der Waals surface area contributed by atoms with Gasteiger partial charge in [0.05, 0.1) is 0 Å². The number of benzene rings is 1. The molecule has 0 heterocycles. The summed E-state index contributed by atoms with van der Waals surface area (Å²) in [4.78, 5) is 2.46. The molecule has 0 atom stereocenters. The summed E-state index contributed by atoms with van der Waals surface area (Å²) in [5.41, 5.74) is 7.72. The second-order valence-electron chi connectivity index (χ2n) is 2.61. The molecular formula is C9H6F3N3. The smallest absolute Gasteiger partial charge is 0.166 e. The largest absolute Gasteiger partial charge is 0.207 e. The summed E-state index contributed by atoms with van der Waals surface area (Å²) >= 11 is 0. The van der Waals surface area contributed by atoms with Gasteiger partial charge in [-0.25, -0.2) is 13.2 Å². The van der Waals surface area contributed by atoms with E-state index in [2.05, 4.69) is 10.0 Å². The second-order valence-corrected chi connectivity index (χ2v) is 2.61. The zero-order chi connectivity index (χ0) is 11.3. The zero-order valence-corrected chi connectivity index (χ0v) is 7.49. The standard InChI is InChI=1S/C9H6F3N3/c10-7-4-6(2-1-3-14-15-13)9(12)8(11)5-7/h1-2,4-5H,3H2. The number of azide groups is 1. The van der Waals surface area contributed by atoms with Crippen LogP contribution in [0.5, 0.6) is 0 Å². The van der Waals surface area contributed by atoms with Crippen molar-refractivity contribution in [1.82, 2.24) is 0 Å². The van der Waals surface area contributed by atoms with Crippen LogP contribution in [0.3, 0.4) is 0 Å². The molecule has 0 amide bonds. The van der Waals surface area contributed by atoms with Crippen LogP contribution in [0.15, 0.2) is 23.3 Å². The van der Waals surface area contributed by atoms with Gasteiger partial charge in [0, 0.05) is 23.1 Å². The Balaban J connectivity index is 2.94. The molecule has 0 bridgehead atoms. The Morgan fingerprint density at radius 2 is 2.07 bits per heavy atom. The zero-order valence-electron chi connectivity index (χ0n) is 7.49. The minimum Gasteiger partial charge on any atom is -0.207 e. The highest BCUT2D eigenvalue weighted by Crippen LogP contribution is 2.15. The molecule has 15 heavy (non-hydrogen) atoms. The fourth-order valence-corrected chi connectivity index (χ4v) is 0.960. The van der Waals surface area contributed by atoms with E-state index in [1.54, 1.807) is 0 Å². The third-order valence-corrected chi connectivity index (χ3v) is 1.57. The molecule has 0 fully saturated rings. The first-order valence-corrected chi connectivity index (χ1v) is 3.97. The van der Waals surface area contributed by atoms with Gasteiger partial charge in [-0.15, -0.1) is 0 Å². The van der Waals surface area contributed by atoms with Gasteiger partial charge in [-0.3, -0.25) is 0 Å². The molecule has 0 aliphatic rings. The molecule has 3 nitrogen and oxygen atoms in total. The summed E-state index contributed by atoms with van der Waals surface area (Å²) in [7, 11) is 0. The summed E-state index contributed by atoms with van der Waals surface area (Å²) < 4.78 is 38.3. The van der Waals surface area contributed by atoms with Crippen LogP contribution in [0.25, 0.3) is 16.5 Å². The third-order valence-electron chi connectivity index (χ3n) is 1.57. The number of nitrogens with zero attached hydrogens (tertiary/aromatic N) is 3. The summed E-state index contributed by atoms with van der Waals surface area (Å²) in [5, 5.41) is 3.15. The van der Waals surface area contributed by atoms with Crippen molar-refractivity contribution in [1.29, 1.82) is 0 Å². The van der Waals surface area contributed by atoms with Gasteiger partial charge in [0.2, 0.25) is 0 Å². The highest BCUT2D eigenvalue weighted by Gasteiger charge is 2.07. The minimum atomic E-state index is -1.25. The topological polar surface area (TPSA) is 48.8 Å². The quantitative estimate of drug-likeness (QED) is 0.319. The molecule has 0 saturated carbocycles. The lowest BCUT2D eigenvalue weighted by atomic mass is 10.2. The molecule has 0 N–H and O–H groups in total. The van der Waals surface area contributed by atoms with Crippen LogP contribution in [0.2, 0.25) is 0 Å². The Kier molecular flexibility index (Phi) is 3.76. The Labute approximate surface area is 83.5 Å². The van der Waals surface area contributed by atoms with Crippen LogP contribution in [0.1, 0.15) is 5.56 Å². The van der Waals surface area contributed by atoms with Crippen molar-refractivity contribution in [3.8, 4) is 0 Å². The van der Waals surface area contributed by atoms with Crippen LogP contribution in [-0.2, 0) is 0 Å². The van der Waals surface area contributed by atoms with Crippen LogP contribution in [-0.4, -0.2) is 6.54 Å². The Morgan fingerprint density at radius 3 is 2.73 bits per heavy atom. The molecule has 0 aliphatic carbocycles. The van der Waals surface area contributed by atoms with Gasteiger partial charge in [0.1, 0.15) is 5.82 Å². The second kappa shape index (κ2) is 5.07. The molecule has 0 aliphatic heterocycles. The molecule has 0 unspecified atom stereocenters. The van der Waals surface area contributed by atoms with E-state index < -0.39 is 17.5 Å². The summed E-state index contributed by atoms with van der Waals surface area (Å²) in [6, 6.07) is 1.31. The van der Waals surface area contributed by atoms with Crippen molar-refractivity contribution in [2.75, 3.05) is 6.54 Å². The lowest BCUT2D eigenvalue weighted by Crippen LogP contribution is -1.91. The molecule has 1 aromatic carbocycles. The lowest BCUT2D eigenvalue weighted by Gasteiger charge is -1.98. The highest BCUT2D eigenvalue weighted by molar-refractivity contribution is 5.50. The SMILES string of the molecule is [N-]=[N+]=NCC=Cc1cc(F)cc(F)c1F. The first-order valence-electron chi connectivity index (χ1n) is 3.97. The van der Waals surface area contributed by atoms with Crippen molar-refractivity contribution in [3.05, 3.63) is 51.7 Å². The van der Waals surface area contributed by atoms with Gasteiger partial charge < -0.3 is 0 Å². The average Bonchev–Trinajstić information content (AvgIpc) is 2.19. The van der Waals surface area contributed by atoms with Gasteiger partial charge in [0.15, 0.2) is 11.6 Å². The molecule has 6 heteroatoms. The predicted octanol–water partition coefficient (Wildman–Crippen LogP) is 3.43. The van der Waals surface area contributed by atoms with Crippen molar-refractivity contribution in [2.24, 2.45) is 5.11 Å². The normalized spacial score (nSPS) is 10.3. The summed E-state index contributed by atoms with van der Waals surface area (Å²) in [5.74, 6) is -3.25. The molecule has 78 valence electrons. The van der Waals surface area contributed by atoms with Gasteiger partial charge in [0.25, 0.3) is 0 Å². The lowest BCUT2D eigenvalue weighted by molar-refractivity contribution is 0.493. The van der Waals surface area contributed by atoms with Crippen molar-refractivity contribution in [2.45, 2.75) is 0 Å². The average molecular weight is 213 g/mol. The van der Waals surface area contributed by atoms with E-state index >= 15 is 0 Å². The molecule has 1 aromatic rings. The van der Waals surface area contributed by atoms with E-state index in [1.807, 2.05) is 0 Å². The van der Waals surface area contributed by atoms with E-state index in [9.17, 15) is 13.2 Å². The molecule has 1 rings (SSSR count). The Bertz CT molecular complexity index is 436. The third kappa shape index (κ3) is 3.03. The molecular weight excluding hydrogens is 207 g/mol. The minimum absolute atomic E-state index is 0.00588. The van der Waals surface area contributed by atoms with Crippen LogP contribution >= 0.6 is 0 Å². The summed E-state index contributed by atoms with van der Waals surface area (Å²) in [6.45, 7) is -0.00588. The van der Waals surface area contributed by atoms with E-state index in [-0.39, 0.29) is 12.1 Å². The fourth-order valence-electron chi connectivity index (χ4n) is 0.960. The first kappa shape index (κ1) is 11.1. The van der Waals surface area contributed by atoms with Gasteiger partial charge in [-0.2, -0.15) is 0 Å². The van der Waals surface area contributed by atoms with Crippen LogP contribution in [0, 0.1) is 17.5 Å². The van der Waals surface area contributed by atoms with Crippen molar-refractivity contribution in [3.63, 3.8) is 0 Å². The monoisotopic (exact) mass is 213 g/mol. The van der Waals surface area contributed by atoms with E-state index in [1.165, 1.54) is 6.08 Å². The molecule has 0 aromatic heterocycles. The maximum absolute atomic E-state index is 13.0. The molecule has 0 spiro atoms.